The molecule has 0 aromatic heterocycles. The van der Waals surface area contributed by atoms with Crippen LogP contribution in [-0.2, 0) is 11.3 Å². The Labute approximate surface area is 120 Å². The Bertz CT molecular complexity index is 540. The van der Waals surface area contributed by atoms with E-state index in [0.717, 1.165) is 15.7 Å². The molecule has 0 saturated heterocycles. The number of ether oxygens (including phenoxy) is 1. The summed E-state index contributed by atoms with van der Waals surface area (Å²) in [5, 5.41) is 0. The molecule has 0 aliphatic rings. The number of hydrogen-bond donors (Lipinski definition) is 0. The van der Waals surface area contributed by atoms with E-state index in [-0.39, 0.29) is 12.7 Å². The van der Waals surface area contributed by atoms with Crippen LogP contribution in [0.5, 0.6) is 0 Å². The van der Waals surface area contributed by atoms with E-state index in [1.807, 2.05) is 54.6 Å². The van der Waals surface area contributed by atoms with Crippen LogP contribution in [0.3, 0.4) is 0 Å². The summed E-state index contributed by atoms with van der Waals surface area (Å²) >= 11 is 3.36. The summed E-state index contributed by atoms with van der Waals surface area (Å²) in [6, 6.07) is 17.1. The first-order chi connectivity index (χ1) is 9.16. The quantitative estimate of drug-likeness (QED) is 0.847. The van der Waals surface area contributed by atoms with Gasteiger partial charge in [-0.1, -0.05) is 46.3 Å². The first-order valence-corrected chi connectivity index (χ1v) is 6.66. The molecular weight excluding hydrogens is 306 g/mol. The summed E-state index contributed by atoms with van der Waals surface area (Å²) in [5.41, 5.74) is 1.77. The fourth-order valence-corrected chi connectivity index (χ4v) is 1.85. The number of carbonyl (C=O) groups excluding carboxylic acids is 1. The Hall–Kier alpha value is -1.81. The van der Waals surface area contributed by atoms with Crippen LogP contribution in [0.1, 0.15) is 5.56 Å². The van der Waals surface area contributed by atoms with Gasteiger partial charge in [-0.05, 0) is 29.8 Å². The zero-order valence-electron chi connectivity index (χ0n) is 10.5. The third kappa shape index (κ3) is 3.83. The Morgan fingerprint density at radius 1 is 1.11 bits per heavy atom. The van der Waals surface area contributed by atoms with Gasteiger partial charge >= 0.3 is 6.09 Å². The molecule has 0 atom stereocenters. The van der Waals surface area contributed by atoms with Gasteiger partial charge in [0.15, 0.2) is 0 Å². The maximum absolute atomic E-state index is 11.9. The van der Waals surface area contributed by atoms with Crippen LogP contribution in [-0.4, -0.2) is 13.1 Å². The van der Waals surface area contributed by atoms with E-state index in [9.17, 15) is 4.79 Å². The van der Waals surface area contributed by atoms with Gasteiger partial charge in [0.25, 0.3) is 0 Å². The van der Waals surface area contributed by atoms with Crippen LogP contribution in [0.4, 0.5) is 10.5 Å². The SMILES string of the molecule is CN(C(=O)OCc1ccccc1)c1ccc(Br)cc1. The van der Waals surface area contributed by atoms with Gasteiger partial charge in [-0.2, -0.15) is 0 Å². The zero-order chi connectivity index (χ0) is 13.7. The van der Waals surface area contributed by atoms with Crippen LogP contribution in [0, 0.1) is 0 Å². The minimum Gasteiger partial charge on any atom is -0.444 e. The van der Waals surface area contributed by atoms with Crippen molar-refractivity contribution in [3.63, 3.8) is 0 Å². The standard InChI is InChI=1S/C15H14BrNO2/c1-17(14-9-7-13(16)8-10-14)15(18)19-11-12-5-3-2-4-6-12/h2-10H,11H2,1H3. The van der Waals surface area contributed by atoms with Crippen molar-refractivity contribution < 1.29 is 9.53 Å². The van der Waals surface area contributed by atoms with Crippen molar-refractivity contribution in [3.8, 4) is 0 Å². The van der Waals surface area contributed by atoms with Crippen LogP contribution in [0.25, 0.3) is 0 Å². The predicted octanol–water partition coefficient (Wildman–Crippen LogP) is 4.22. The van der Waals surface area contributed by atoms with Gasteiger partial charge in [-0.15, -0.1) is 0 Å². The molecule has 2 aromatic rings. The zero-order valence-corrected chi connectivity index (χ0v) is 12.1. The number of halogens is 1. The molecule has 0 heterocycles. The molecule has 2 aromatic carbocycles. The Balaban J connectivity index is 1.94. The molecule has 0 spiro atoms. The minimum atomic E-state index is -0.369. The van der Waals surface area contributed by atoms with E-state index in [4.69, 9.17) is 4.74 Å². The number of rotatable bonds is 3. The van der Waals surface area contributed by atoms with E-state index in [1.54, 1.807) is 7.05 Å². The summed E-state index contributed by atoms with van der Waals surface area (Å²) < 4.78 is 6.22. The number of amides is 1. The molecular formula is C15H14BrNO2. The Morgan fingerprint density at radius 2 is 1.74 bits per heavy atom. The molecule has 98 valence electrons. The predicted molar refractivity (Wildman–Crippen MR) is 79.2 cm³/mol. The van der Waals surface area contributed by atoms with Crippen molar-refractivity contribution in [3.05, 3.63) is 64.6 Å². The highest BCUT2D eigenvalue weighted by molar-refractivity contribution is 9.10. The van der Waals surface area contributed by atoms with Crippen molar-refractivity contribution in [1.29, 1.82) is 0 Å². The second-order valence-electron chi connectivity index (χ2n) is 4.08. The molecule has 0 bridgehead atoms. The highest BCUT2D eigenvalue weighted by atomic mass is 79.9. The average Bonchev–Trinajstić information content (AvgIpc) is 2.46. The molecule has 0 N–H and O–H groups in total. The van der Waals surface area contributed by atoms with E-state index < -0.39 is 0 Å². The fourth-order valence-electron chi connectivity index (χ4n) is 1.59. The molecule has 3 nitrogen and oxygen atoms in total. The van der Waals surface area contributed by atoms with E-state index in [1.165, 1.54) is 4.90 Å². The molecule has 1 amide bonds. The summed E-state index contributed by atoms with van der Waals surface area (Å²) in [6.45, 7) is 0.278. The molecule has 0 aliphatic carbocycles. The van der Waals surface area contributed by atoms with Crippen LogP contribution < -0.4 is 4.90 Å². The van der Waals surface area contributed by atoms with Gasteiger partial charge in [0.1, 0.15) is 6.61 Å². The lowest BCUT2D eigenvalue weighted by Crippen LogP contribution is -2.26. The van der Waals surface area contributed by atoms with Crippen molar-refractivity contribution in [2.24, 2.45) is 0 Å². The first kappa shape index (κ1) is 13.6. The molecule has 0 fully saturated rings. The number of anilines is 1. The maximum atomic E-state index is 11.9. The van der Waals surface area contributed by atoms with E-state index >= 15 is 0 Å². The van der Waals surface area contributed by atoms with Gasteiger partial charge in [0.05, 0.1) is 0 Å². The molecule has 19 heavy (non-hydrogen) atoms. The van der Waals surface area contributed by atoms with Crippen LogP contribution >= 0.6 is 15.9 Å². The Kier molecular flexibility index (Phi) is 4.58. The van der Waals surface area contributed by atoms with Gasteiger partial charge in [0.2, 0.25) is 0 Å². The Morgan fingerprint density at radius 3 is 2.37 bits per heavy atom. The fraction of sp³-hybridized carbons (Fsp3) is 0.133. The number of carbonyl (C=O) groups is 1. The molecule has 0 aliphatic heterocycles. The third-order valence-electron chi connectivity index (χ3n) is 2.69. The van der Waals surface area contributed by atoms with Gasteiger partial charge in [0, 0.05) is 17.2 Å². The highest BCUT2D eigenvalue weighted by Crippen LogP contribution is 2.18. The maximum Gasteiger partial charge on any atom is 0.414 e. The number of nitrogens with zero attached hydrogens (tertiary/aromatic N) is 1. The van der Waals surface area contributed by atoms with Gasteiger partial charge < -0.3 is 4.74 Å². The molecule has 0 saturated carbocycles. The third-order valence-corrected chi connectivity index (χ3v) is 3.22. The monoisotopic (exact) mass is 319 g/mol. The lowest BCUT2D eigenvalue weighted by molar-refractivity contribution is 0.148. The summed E-state index contributed by atoms with van der Waals surface area (Å²) in [6.07, 6.45) is -0.369. The van der Waals surface area contributed by atoms with E-state index in [2.05, 4.69) is 15.9 Å². The smallest absolute Gasteiger partial charge is 0.414 e. The van der Waals surface area contributed by atoms with Crippen molar-refractivity contribution in [2.45, 2.75) is 6.61 Å². The topological polar surface area (TPSA) is 29.5 Å². The normalized spacial score (nSPS) is 10.0. The lowest BCUT2D eigenvalue weighted by Gasteiger charge is -2.17. The molecule has 2 rings (SSSR count). The second kappa shape index (κ2) is 6.38. The van der Waals surface area contributed by atoms with E-state index in [0.29, 0.717) is 0 Å². The number of hydrogen-bond acceptors (Lipinski definition) is 2. The molecule has 0 unspecified atom stereocenters. The first-order valence-electron chi connectivity index (χ1n) is 5.87. The summed E-state index contributed by atoms with van der Waals surface area (Å²) in [4.78, 5) is 13.4. The highest BCUT2D eigenvalue weighted by Gasteiger charge is 2.11. The van der Waals surface area contributed by atoms with Gasteiger partial charge in [-0.3, -0.25) is 4.90 Å². The summed E-state index contributed by atoms with van der Waals surface area (Å²) in [7, 11) is 1.69. The van der Waals surface area contributed by atoms with Crippen molar-refractivity contribution in [1.82, 2.24) is 0 Å². The summed E-state index contributed by atoms with van der Waals surface area (Å²) in [5.74, 6) is 0. The molecule has 0 radical (unpaired) electrons. The largest absolute Gasteiger partial charge is 0.444 e. The lowest BCUT2D eigenvalue weighted by atomic mass is 10.2. The molecule has 4 heteroatoms. The average molecular weight is 320 g/mol. The van der Waals surface area contributed by atoms with Gasteiger partial charge in [-0.25, -0.2) is 4.79 Å². The van der Waals surface area contributed by atoms with Crippen LogP contribution in [0.2, 0.25) is 0 Å². The second-order valence-corrected chi connectivity index (χ2v) is 4.99. The van der Waals surface area contributed by atoms with Crippen molar-refractivity contribution in [2.75, 3.05) is 11.9 Å². The number of benzene rings is 2. The van der Waals surface area contributed by atoms with Crippen LogP contribution in [0.15, 0.2) is 59.1 Å². The minimum absolute atomic E-state index is 0.278. The van der Waals surface area contributed by atoms with Crippen molar-refractivity contribution >= 4 is 27.7 Å².